The molecule has 0 unspecified atom stereocenters. The average Bonchev–Trinajstić information content (AvgIpc) is 2.41. The van der Waals surface area contributed by atoms with Gasteiger partial charge in [-0.15, -0.1) is 0 Å². The summed E-state index contributed by atoms with van der Waals surface area (Å²) in [6.45, 7) is 0.510. The molecule has 1 fully saturated rings. The molecule has 8 nitrogen and oxygen atoms in total. The van der Waals surface area contributed by atoms with Crippen LogP contribution in [-0.4, -0.2) is 55.2 Å². The summed E-state index contributed by atoms with van der Waals surface area (Å²) in [7, 11) is -2.05. The lowest BCUT2D eigenvalue weighted by Crippen LogP contribution is -2.50. The van der Waals surface area contributed by atoms with E-state index in [0.29, 0.717) is 6.54 Å². The minimum Gasteiger partial charge on any atom is -0.343 e. The standard InChI is InChI=1S/C10H15N5O3S/c1-14-4-5-15(7-10(14)16)19(17,18)8-2-3-12-9(6-8)13-11/h2-3,6H,4-5,7,11H2,1H3,(H,12,13). The second-order valence-corrected chi connectivity index (χ2v) is 6.11. The number of aromatic nitrogens is 1. The molecule has 19 heavy (non-hydrogen) atoms. The van der Waals surface area contributed by atoms with Gasteiger partial charge in [-0.05, 0) is 6.07 Å². The molecule has 1 aromatic rings. The quantitative estimate of drug-likeness (QED) is 0.535. The number of nitrogens with zero attached hydrogens (tertiary/aromatic N) is 3. The number of hydrogen-bond donors (Lipinski definition) is 2. The molecule has 9 heteroatoms. The monoisotopic (exact) mass is 285 g/mol. The van der Waals surface area contributed by atoms with Crippen molar-refractivity contribution in [2.75, 3.05) is 32.1 Å². The second kappa shape index (κ2) is 5.11. The lowest BCUT2D eigenvalue weighted by molar-refractivity contribution is -0.132. The van der Waals surface area contributed by atoms with Gasteiger partial charge in [-0.2, -0.15) is 4.31 Å². The summed E-state index contributed by atoms with van der Waals surface area (Å²) in [5.74, 6) is 5.23. The molecular formula is C10H15N5O3S. The molecule has 2 rings (SSSR count). The lowest BCUT2D eigenvalue weighted by atomic mass is 10.4. The molecule has 1 aromatic heterocycles. The zero-order chi connectivity index (χ0) is 14.0. The first-order valence-corrected chi connectivity index (χ1v) is 7.06. The first kappa shape index (κ1) is 13.7. The number of piperazine rings is 1. The summed E-state index contributed by atoms with van der Waals surface area (Å²) < 4.78 is 25.9. The van der Waals surface area contributed by atoms with E-state index in [1.807, 2.05) is 0 Å². The molecule has 3 N–H and O–H groups in total. The highest BCUT2D eigenvalue weighted by Crippen LogP contribution is 2.19. The molecule has 0 aromatic carbocycles. The summed E-state index contributed by atoms with van der Waals surface area (Å²) in [5, 5.41) is 0. The average molecular weight is 285 g/mol. The van der Waals surface area contributed by atoms with Gasteiger partial charge in [-0.1, -0.05) is 0 Å². The van der Waals surface area contributed by atoms with E-state index in [4.69, 9.17) is 5.84 Å². The van der Waals surface area contributed by atoms with E-state index in [2.05, 4.69) is 10.4 Å². The fraction of sp³-hybridized carbons (Fsp3) is 0.400. The predicted octanol–water partition coefficient (Wildman–Crippen LogP) is -1.17. The minimum atomic E-state index is -3.70. The molecule has 2 heterocycles. The van der Waals surface area contributed by atoms with Gasteiger partial charge in [0.05, 0.1) is 11.4 Å². The molecule has 0 bridgehead atoms. The van der Waals surface area contributed by atoms with Crippen LogP contribution in [0.5, 0.6) is 0 Å². The fourth-order valence-corrected chi connectivity index (χ4v) is 3.14. The summed E-state index contributed by atoms with van der Waals surface area (Å²) in [6, 6.07) is 2.71. The van der Waals surface area contributed by atoms with E-state index in [-0.39, 0.29) is 29.7 Å². The van der Waals surface area contributed by atoms with Crippen LogP contribution in [0.1, 0.15) is 0 Å². The van der Waals surface area contributed by atoms with E-state index in [9.17, 15) is 13.2 Å². The van der Waals surface area contributed by atoms with Crippen LogP contribution in [-0.2, 0) is 14.8 Å². The van der Waals surface area contributed by atoms with Crippen molar-refractivity contribution in [2.45, 2.75) is 4.90 Å². The van der Waals surface area contributed by atoms with Gasteiger partial charge in [0.2, 0.25) is 15.9 Å². The smallest absolute Gasteiger partial charge is 0.243 e. The summed E-state index contributed by atoms with van der Waals surface area (Å²) >= 11 is 0. The van der Waals surface area contributed by atoms with Crippen LogP contribution in [0.25, 0.3) is 0 Å². The normalized spacial score (nSPS) is 17.6. The highest BCUT2D eigenvalue weighted by molar-refractivity contribution is 7.89. The van der Waals surface area contributed by atoms with Gasteiger partial charge in [-0.3, -0.25) is 4.79 Å². The Morgan fingerprint density at radius 2 is 2.16 bits per heavy atom. The molecule has 104 valence electrons. The molecular weight excluding hydrogens is 270 g/mol. The largest absolute Gasteiger partial charge is 0.343 e. The van der Waals surface area contributed by atoms with Crippen LogP contribution in [0.15, 0.2) is 23.2 Å². The fourth-order valence-electron chi connectivity index (χ4n) is 1.74. The third-order valence-electron chi connectivity index (χ3n) is 2.94. The van der Waals surface area contributed by atoms with Crippen molar-refractivity contribution in [1.82, 2.24) is 14.2 Å². The Kier molecular flexibility index (Phi) is 3.69. The highest BCUT2D eigenvalue weighted by atomic mass is 32.2. The van der Waals surface area contributed by atoms with Crippen molar-refractivity contribution >= 4 is 21.7 Å². The van der Waals surface area contributed by atoms with E-state index in [1.165, 1.54) is 23.2 Å². The molecule has 1 aliphatic heterocycles. The minimum absolute atomic E-state index is 0.0628. The number of hydrogen-bond acceptors (Lipinski definition) is 6. The van der Waals surface area contributed by atoms with E-state index in [0.717, 1.165) is 4.31 Å². The number of nitrogens with two attached hydrogens (primary N) is 1. The zero-order valence-corrected chi connectivity index (χ0v) is 11.2. The molecule has 0 aliphatic carbocycles. The molecule has 1 aliphatic rings. The number of nitrogen functional groups attached to an aromatic ring is 1. The number of carbonyl (C=O) groups excluding carboxylic acids is 1. The van der Waals surface area contributed by atoms with Gasteiger partial charge in [0.25, 0.3) is 0 Å². The van der Waals surface area contributed by atoms with Crippen molar-refractivity contribution in [3.8, 4) is 0 Å². The van der Waals surface area contributed by atoms with Crippen LogP contribution in [0.4, 0.5) is 5.82 Å². The number of anilines is 1. The van der Waals surface area contributed by atoms with Gasteiger partial charge >= 0.3 is 0 Å². The van der Waals surface area contributed by atoms with Crippen molar-refractivity contribution < 1.29 is 13.2 Å². The first-order valence-electron chi connectivity index (χ1n) is 5.62. The Bertz CT molecular complexity index is 589. The zero-order valence-electron chi connectivity index (χ0n) is 10.4. The Morgan fingerprint density at radius 3 is 2.79 bits per heavy atom. The maximum absolute atomic E-state index is 12.4. The number of rotatable bonds is 3. The van der Waals surface area contributed by atoms with Gasteiger partial charge in [-0.25, -0.2) is 19.2 Å². The van der Waals surface area contributed by atoms with Gasteiger partial charge in [0.1, 0.15) is 5.82 Å². The summed E-state index contributed by atoms with van der Waals surface area (Å²) in [5.41, 5.74) is 2.29. The Morgan fingerprint density at radius 1 is 1.42 bits per heavy atom. The number of hydrazine groups is 1. The molecule has 0 atom stereocenters. The van der Waals surface area contributed by atoms with Gasteiger partial charge < -0.3 is 10.3 Å². The predicted molar refractivity (Wildman–Crippen MR) is 68.4 cm³/mol. The molecule has 0 spiro atoms. The van der Waals surface area contributed by atoms with Crippen molar-refractivity contribution in [3.05, 3.63) is 18.3 Å². The summed E-state index contributed by atoms with van der Waals surface area (Å²) in [4.78, 5) is 17.0. The maximum Gasteiger partial charge on any atom is 0.243 e. The highest BCUT2D eigenvalue weighted by Gasteiger charge is 2.31. The van der Waals surface area contributed by atoms with Crippen molar-refractivity contribution in [1.29, 1.82) is 0 Å². The Balaban J connectivity index is 2.29. The molecule has 0 radical (unpaired) electrons. The van der Waals surface area contributed by atoms with Crippen LogP contribution >= 0.6 is 0 Å². The number of sulfonamides is 1. The summed E-state index contributed by atoms with van der Waals surface area (Å²) in [6.07, 6.45) is 1.35. The SMILES string of the molecule is CN1CCN(S(=O)(=O)c2ccnc(NN)c2)CC1=O. The first-order chi connectivity index (χ1) is 8.95. The number of likely N-dealkylation sites (N-methyl/N-ethyl adjacent to an activating group) is 1. The molecule has 0 saturated carbocycles. The Hall–Kier alpha value is -1.71. The van der Waals surface area contributed by atoms with E-state index in [1.54, 1.807) is 7.05 Å². The van der Waals surface area contributed by atoms with Crippen LogP contribution in [0, 0.1) is 0 Å². The number of pyridine rings is 1. The molecule has 1 saturated heterocycles. The van der Waals surface area contributed by atoms with Gasteiger partial charge in [0.15, 0.2) is 0 Å². The third-order valence-corrected chi connectivity index (χ3v) is 4.78. The van der Waals surface area contributed by atoms with Gasteiger partial charge in [0, 0.05) is 32.4 Å². The number of amides is 1. The van der Waals surface area contributed by atoms with Crippen molar-refractivity contribution in [2.24, 2.45) is 5.84 Å². The van der Waals surface area contributed by atoms with Crippen LogP contribution < -0.4 is 11.3 Å². The van der Waals surface area contributed by atoms with E-state index < -0.39 is 10.0 Å². The second-order valence-electron chi connectivity index (χ2n) is 4.18. The topological polar surface area (TPSA) is 109 Å². The number of carbonyl (C=O) groups is 1. The lowest BCUT2D eigenvalue weighted by Gasteiger charge is -2.31. The van der Waals surface area contributed by atoms with Crippen LogP contribution in [0.3, 0.4) is 0 Å². The maximum atomic E-state index is 12.4. The molecule has 1 amide bonds. The third kappa shape index (κ3) is 2.67. The Labute approximate surface area is 111 Å². The van der Waals surface area contributed by atoms with E-state index >= 15 is 0 Å². The number of nitrogens with one attached hydrogen (secondary N) is 1. The van der Waals surface area contributed by atoms with Crippen LogP contribution in [0.2, 0.25) is 0 Å². The van der Waals surface area contributed by atoms with Crippen molar-refractivity contribution in [3.63, 3.8) is 0 Å².